The van der Waals surface area contributed by atoms with Gasteiger partial charge in [-0.2, -0.15) is 0 Å². The van der Waals surface area contributed by atoms with Gasteiger partial charge < -0.3 is 15.5 Å². The molecule has 0 bridgehead atoms. The van der Waals surface area contributed by atoms with Crippen molar-refractivity contribution in [2.45, 2.75) is 4.90 Å². The van der Waals surface area contributed by atoms with Crippen LogP contribution in [0.25, 0.3) is 0 Å². The molecule has 18 heavy (non-hydrogen) atoms. The molecule has 4 N–H and O–H groups in total. The summed E-state index contributed by atoms with van der Waals surface area (Å²) in [5.74, 6) is 0. The van der Waals surface area contributed by atoms with Crippen LogP contribution in [-0.4, -0.2) is 47.6 Å². The number of hydrogen-bond donors (Lipinski definition) is 2. The summed E-state index contributed by atoms with van der Waals surface area (Å²) < 4.78 is 22.4. The van der Waals surface area contributed by atoms with Crippen molar-refractivity contribution in [3.63, 3.8) is 0 Å². The van der Waals surface area contributed by atoms with E-state index in [4.69, 9.17) is 10.9 Å². The molecule has 0 aliphatic carbocycles. The second-order valence-electron chi connectivity index (χ2n) is 4.49. The summed E-state index contributed by atoms with van der Waals surface area (Å²) >= 11 is 0. The van der Waals surface area contributed by atoms with Gasteiger partial charge in [0, 0.05) is 20.1 Å². The van der Waals surface area contributed by atoms with E-state index in [1.54, 1.807) is 6.07 Å². The smallest absolute Gasteiger partial charge is 0.238 e. The van der Waals surface area contributed by atoms with Gasteiger partial charge in [-0.1, -0.05) is 0 Å². The highest BCUT2D eigenvalue weighted by Crippen LogP contribution is 2.24. The molecular formula is C11H20N4O2S. The lowest BCUT2D eigenvalue weighted by molar-refractivity contribution is 0.416. The molecule has 0 heterocycles. The summed E-state index contributed by atoms with van der Waals surface area (Å²) in [6.07, 6.45) is 0. The van der Waals surface area contributed by atoms with Crippen molar-refractivity contribution in [2.75, 3.05) is 44.9 Å². The third-order valence-corrected chi connectivity index (χ3v) is 3.53. The van der Waals surface area contributed by atoms with Crippen LogP contribution in [0.15, 0.2) is 23.1 Å². The third kappa shape index (κ3) is 3.86. The average molecular weight is 272 g/mol. The first-order chi connectivity index (χ1) is 8.21. The molecule has 0 aliphatic rings. The van der Waals surface area contributed by atoms with E-state index < -0.39 is 10.0 Å². The minimum Gasteiger partial charge on any atom is -0.397 e. The zero-order valence-electron chi connectivity index (χ0n) is 10.9. The van der Waals surface area contributed by atoms with Crippen LogP contribution in [-0.2, 0) is 10.0 Å². The van der Waals surface area contributed by atoms with Crippen molar-refractivity contribution in [3.8, 4) is 0 Å². The van der Waals surface area contributed by atoms with Gasteiger partial charge in [-0.25, -0.2) is 13.6 Å². The molecule has 0 saturated heterocycles. The van der Waals surface area contributed by atoms with Gasteiger partial charge in [0.2, 0.25) is 10.0 Å². The van der Waals surface area contributed by atoms with Crippen molar-refractivity contribution >= 4 is 21.4 Å². The fourth-order valence-electron chi connectivity index (χ4n) is 1.53. The molecule has 0 radical (unpaired) electrons. The van der Waals surface area contributed by atoms with Crippen LogP contribution in [0.2, 0.25) is 0 Å². The highest BCUT2D eigenvalue weighted by Gasteiger charge is 2.12. The summed E-state index contributed by atoms with van der Waals surface area (Å²) in [4.78, 5) is 4.07. The van der Waals surface area contributed by atoms with Crippen LogP contribution in [0.5, 0.6) is 0 Å². The maximum Gasteiger partial charge on any atom is 0.238 e. The fraction of sp³-hybridized carbons (Fsp3) is 0.455. The number of rotatable bonds is 5. The van der Waals surface area contributed by atoms with Gasteiger partial charge in [-0.05, 0) is 32.3 Å². The molecule has 1 aromatic carbocycles. The molecule has 0 spiro atoms. The number of primary sulfonamides is 1. The molecule has 0 unspecified atom stereocenters. The molecular weight excluding hydrogens is 252 g/mol. The first-order valence-electron chi connectivity index (χ1n) is 5.50. The van der Waals surface area contributed by atoms with Gasteiger partial charge >= 0.3 is 0 Å². The van der Waals surface area contributed by atoms with E-state index in [2.05, 4.69) is 4.90 Å². The van der Waals surface area contributed by atoms with Crippen LogP contribution in [0.4, 0.5) is 11.4 Å². The molecule has 1 rings (SSSR count). The van der Waals surface area contributed by atoms with E-state index in [1.165, 1.54) is 12.1 Å². The average Bonchev–Trinajstić information content (AvgIpc) is 2.24. The quantitative estimate of drug-likeness (QED) is 0.731. The zero-order valence-corrected chi connectivity index (χ0v) is 11.7. The Morgan fingerprint density at radius 3 is 2.22 bits per heavy atom. The Hall–Kier alpha value is -1.31. The Labute approximate surface area is 108 Å². The first kappa shape index (κ1) is 14.7. The maximum absolute atomic E-state index is 11.2. The predicted molar refractivity (Wildman–Crippen MR) is 74.1 cm³/mol. The van der Waals surface area contributed by atoms with Gasteiger partial charge in [-0.15, -0.1) is 0 Å². The maximum atomic E-state index is 11.2. The molecule has 6 nitrogen and oxygen atoms in total. The SMILES string of the molecule is CN(C)CCN(C)c1ccc(S(N)(=O)=O)cc1N. The Kier molecular flexibility index (Phi) is 4.55. The number of hydrogen-bond acceptors (Lipinski definition) is 5. The molecule has 0 fully saturated rings. The minimum atomic E-state index is -3.70. The lowest BCUT2D eigenvalue weighted by Crippen LogP contribution is -2.29. The Morgan fingerprint density at radius 1 is 1.17 bits per heavy atom. The second-order valence-corrected chi connectivity index (χ2v) is 6.05. The van der Waals surface area contributed by atoms with Crippen LogP contribution in [0, 0.1) is 0 Å². The molecule has 1 aromatic rings. The van der Waals surface area contributed by atoms with Gasteiger partial charge in [-0.3, -0.25) is 0 Å². The third-order valence-electron chi connectivity index (χ3n) is 2.62. The van der Waals surface area contributed by atoms with Gasteiger partial charge in [0.1, 0.15) is 0 Å². The number of nitrogens with two attached hydrogens (primary N) is 2. The predicted octanol–water partition coefficient (Wildman–Crippen LogP) is -0.0860. The van der Waals surface area contributed by atoms with Gasteiger partial charge in [0.25, 0.3) is 0 Å². The van der Waals surface area contributed by atoms with E-state index in [-0.39, 0.29) is 4.90 Å². The van der Waals surface area contributed by atoms with Crippen molar-refractivity contribution in [2.24, 2.45) is 5.14 Å². The molecule has 0 saturated carbocycles. The number of sulfonamides is 1. The standard InChI is InChI=1S/C11H20N4O2S/c1-14(2)6-7-15(3)11-5-4-9(8-10(11)12)18(13,16)17/h4-5,8H,6-7,12H2,1-3H3,(H2,13,16,17). The lowest BCUT2D eigenvalue weighted by Gasteiger charge is -2.23. The second kappa shape index (κ2) is 5.55. The Bertz CT molecular complexity index is 514. The summed E-state index contributed by atoms with van der Waals surface area (Å²) in [5.41, 5.74) is 7.05. The highest BCUT2D eigenvalue weighted by atomic mass is 32.2. The summed E-state index contributed by atoms with van der Waals surface area (Å²) in [7, 11) is 2.18. The van der Waals surface area contributed by atoms with E-state index in [1.807, 2.05) is 26.0 Å². The van der Waals surface area contributed by atoms with Gasteiger partial charge in [0.05, 0.1) is 16.3 Å². The number of nitrogen functional groups attached to an aromatic ring is 1. The lowest BCUT2D eigenvalue weighted by atomic mass is 10.2. The Balaban J connectivity index is 2.92. The monoisotopic (exact) mass is 272 g/mol. The fourth-order valence-corrected chi connectivity index (χ4v) is 2.08. The zero-order chi connectivity index (χ0) is 13.9. The van der Waals surface area contributed by atoms with Crippen LogP contribution < -0.4 is 15.8 Å². The van der Waals surface area contributed by atoms with E-state index >= 15 is 0 Å². The van der Waals surface area contributed by atoms with Crippen LogP contribution in [0.3, 0.4) is 0 Å². The van der Waals surface area contributed by atoms with Crippen LogP contribution in [0.1, 0.15) is 0 Å². The van der Waals surface area contributed by atoms with Crippen molar-refractivity contribution in [1.82, 2.24) is 4.90 Å². The van der Waals surface area contributed by atoms with E-state index in [9.17, 15) is 8.42 Å². The molecule has 0 atom stereocenters. The normalized spacial score (nSPS) is 11.8. The molecule has 0 amide bonds. The van der Waals surface area contributed by atoms with Crippen molar-refractivity contribution in [3.05, 3.63) is 18.2 Å². The number of likely N-dealkylation sites (N-methyl/N-ethyl adjacent to an activating group) is 2. The van der Waals surface area contributed by atoms with Crippen molar-refractivity contribution in [1.29, 1.82) is 0 Å². The largest absolute Gasteiger partial charge is 0.397 e. The number of benzene rings is 1. The molecule has 102 valence electrons. The molecule has 7 heteroatoms. The Morgan fingerprint density at radius 2 is 1.78 bits per heavy atom. The number of nitrogens with zero attached hydrogens (tertiary/aromatic N) is 2. The topological polar surface area (TPSA) is 92.7 Å². The first-order valence-corrected chi connectivity index (χ1v) is 7.04. The minimum absolute atomic E-state index is 0.0322. The molecule has 0 aromatic heterocycles. The van der Waals surface area contributed by atoms with Gasteiger partial charge in [0.15, 0.2) is 0 Å². The van der Waals surface area contributed by atoms with E-state index in [0.29, 0.717) is 5.69 Å². The number of anilines is 2. The highest BCUT2D eigenvalue weighted by molar-refractivity contribution is 7.89. The van der Waals surface area contributed by atoms with Crippen molar-refractivity contribution < 1.29 is 8.42 Å². The summed E-state index contributed by atoms with van der Waals surface area (Å²) in [6, 6.07) is 4.52. The van der Waals surface area contributed by atoms with Crippen LogP contribution >= 0.6 is 0 Å². The summed E-state index contributed by atoms with van der Waals surface area (Å²) in [5, 5.41) is 5.05. The van der Waals surface area contributed by atoms with E-state index in [0.717, 1.165) is 18.8 Å². The molecule has 0 aliphatic heterocycles. The summed E-state index contributed by atoms with van der Waals surface area (Å²) in [6.45, 7) is 1.68.